The Labute approximate surface area is 91.4 Å². The van der Waals surface area contributed by atoms with Crippen LogP contribution < -0.4 is 10.5 Å². The summed E-state index contributed by atoms with van der Waals surface area (Å²) in [5.41, 5.74) is 6.95. The SMILES string of the molecule is C[C@@H](N)c1cccc(OCCC2CC2)c1. The van der Waals surface area contributed by atoms with Gasteiger partial charge in [-0.15, -0.1) is 0 Å². The first kappa shape index (κ1) is 10.5. The first-order valence-electron chi connectivity index (χ1n) is 5.74. The second kappa shape index (κ2) is 4.67. The van der Waals surface area contributed by atoms with Crippen molar-refractivity contribution in [3.63, 3.8) is 0 Å². The maximum Gasteiger partial charge on any atom is 0.119 e. The third kappa shape index (κ3) is 3.24. The van der Waals surface area contributed by atoms with E-state index in [9.17, 15) is 0 Å². The third-order valence-corrected chi connectivity index (χ3v) is 2.88. The number of hydrogen-bond donors (Lipinski definition) is 1. The molecule has 1 aliphatic rings. The molecule has 2 rings (SSSR count). The summed E-state index contributed by atoms with van der Waals surface area (Å²) in [4.78, 5) is 0. The van der Waals surface area contributed by atoms with E-state index in [0.717, 1.165) is 23.8 Å². The topological polar surface area (TPSA) is 35.2 Å². The zero-order valence-electron chi connectivity index (χ0n) is 9.28. The van der Waals surface area contributed by atoms with E-state index in [2.05, 4.69) is 0 Å². The number of ether oxygens (including phenoxy) is 1. The Hall–Kier alpha value is -1.02. The van der Waals surface area contributed by atoms with E-state index in [-0.39, 0.29) is 6.04 Å². The second-order valence-electron chi connectivity index (χ2n) is 4.44. The lowest BCUT2D eigenvalue weighted by atomic mass is 10.1. The highest BCUT2D eigenvalue weighted by molar-refractivity contribution is 5.30. The van der Waals surface area contributed by atoms with Gasteiger partial charge in [0.1, 0.15) is 5.75 Å². The van der Waals surface area contributed by atoms with E-state index in [4.69, 9.17) is 10.5 Å². The van der Waals surface area contributed by atoms with Gasteiger partial charge in [0.15, 0.2) is 0 Å². The molecule has 1 aromatic rings. The van der Waals surface area contributed by atoms with Gasteiger partial charge in [-0.25, -0.2) is 0 Å². The maximum absolute atomic E-state index is 5.81. The van der Waals surface area contributed by atoms with Crippen molar-refractivity contribution in [2.45, 2.75) is 32.2 Å². The van der Waals surface area contributed by atoms with Crippen molar-refractivity contribution in [2.24, 2.45) is 11.7 Å². The van der Waals surface area contributed by atoms with Crippen molar-refractivity contribution in [1.29, 1.82) is 0 Å². The molecule has 2 nitrogen and oxygen atoms in total. The summed E-state index contributed by atoms with van der Waals surface area (Å²) in [6, 6.07) is 8.16. The third-order valence-electron chi connectivity index (χ3n) is 2.88. The van der Waals surface area contributed by atoms with Crippen LogP contribution >= 0.6 is 0 Å². The fourth-order valence-electron chi connectivity index (χ4n) is 1.64. The zero-order valence-corrected chi connectivity index (χ0v) is 9.28. The van der Waals surface area contributed by atoms with Crippen molar-refractivity contribution in [3.8, 4) is 5.75 Å². The van der Waals surface area contributed by atoms with Gasteiger partial charge in [0.2, 0.25) is 0 Å². The molecular formula is C13H19NO. The maximum atomic E-state index is 5.81. The van der Waals surface area contributed by atoms with Gasteiger partial charge >= 0.3 is 0 Å². The first-order chi connectivity index (χ1) is 7.25. The molecule has 0 spiro atoms. The lowest BCUT2D eigenvalue weighted by Crippen LogP contribution is -2.05. The molecule has 0 saturated heterocycles. The summed E-state index contributed by atoms with van der Waals surface area (Å²) in [5, 5.41) is 0. The molecule has 2 N–H and O–H groups in total. The van der Waals surface area contributed by atoms with Crippen LogP contribution in [0, 0.1) is 5.92 Å². The summed E-state index contributed by atoms with van der Waals surface area (Å²) in [7, 11) is 0. The largest absolute Gasteiger partial charge is 0.494 e. The minimum absolute atomic E-state index is 0.0805. The molecule has 1 aromatic carbocycles. The predicted molar refractivity (Wildman–Crippen MR) is 61.9 cm³/mol. The van der Waals surface area contributed by atoms with Crippen molar-refractivity contribution in [1.82, 2.24) is 0 Å². The molecule has 0 aliphatic heterocycles. The highest BCUT2D eigenvalue weighted by Crippen LogP contribution is 2.32. The van der Waals surface area contributed by atoms with Gasteiger partial charge in [0, 0.05) is 6.04 Å². The normalized spacial score (nSPS) is 17.5. The average Bonchev–Trinajstić information content (AvgIpc) is 3.02. The molecule has 1 fully saturated rings. The van der Waals surface area contributed by atoms with Crippen LogP contribution in [0.3, 0.4) is 0 Å². The van der Waals surface area contributed by atoms with E-state index < -0.39 is 0 Å². The fourth-order valence-corrected chi connectivity index (χ4v) is 1.64. The molecule has 15 heavy (non-hydrogen) atoms. The summed E-state index contributed by atoms with van der Waals surface area (Å²) in [6.07, 6.45) is 3.98. The standard InChI is InChI=1S/C13H19NO/c1-10(14)12-3-2-4-13(9-12)15-8-7-11-5-6-11/h2-4,9-11H,5-8,14H2,1H3/t10-/m1/s1. The Kier molecular flexibility index (Phi) is 3.27. The average molecular weight is 205 g/mol. The molecule has 0 radical (unpaired) electrons. The quantitative estimate of drug-likeness (QED) is 0.802. The van der Waals surface area contributed by atoms with E-state index in [1.807, 2.05) is 31.2 Å². The Morgan fingerprint density at radius 1 is 1.47 bits per heavy atom. The summed E-state index contributed by atoms with van der Waals surface area (Å²) in [5.74, 6) is 1.88. The van der Waals surface area contributed by atoms with Gasteiger partial charge in [-0.05, 0) is 37.0 Å². The Morgan fingerprint density at radius 2 is 2.27 bits per heavy atom. The fraction of sp³-hybridized carbons (Fsp3) is 0.538. The van der Waals surface area contributed by atoms with Crippen molar-refractivity contribution in [2.75, 3.05) is 6.61 Å². The van der Waals surface area contributed by atoms with Crippen LogP contribution in [0.25, 0.3) is 0 Å². The predicted octanol–water partition coefficient (Wildman–Crippen LogP) is 2.89. The van der Waals surface area contributed by atoms with Gasteiger partial charge in [-0.1, -0.05) is 25.0 Å². The van der Waals surface area contributed by atoms with Crippen LogP contribution in [0.15, 0.2) is 24.3 Å². The highest BCUT2D eigenvalue weighted by atomic mass is 16.5. The van der Waals surface area contributed by atoms with E-state index in [1.54, 1.807) is 0 Å². The van der Waals surface area contributed by atoms with Gasteiger partial charge in [-0.3, -0.25) is 0 Å². The molecule has 0 amide bonds. The Balaban J connectivity index is 1.86. The number of hydrogen-bond acceptors (Lipinski definition) is 2. The number of benzene rings is 1. The van der Waals surface area contributed by atoms with Crippen LogP contribution in [-0.2, 0) is 0 Å². The summed E-state index contributed by atoms with van der Waals surface area (Å²) in [6.45, 7) is 2.83. The van der Waals surface area contributed by atoms with E-state index >= 15 is 0 Å². The van der Waals surface area contributed by atoms with Gasteiger partial charge in [-0.2, -0.15) is 0 Å². The van der Waals surface area contributed by atoms with E-state index in [0.29, 0.717) is 0 Å². The lowest BCUT2D eigenvalue weighted by Gasteiger charge is -2.09. The minimum atomic E-state index is 0.0805. The lowest BCUT2D eigenvalue weighted by molar-refractivity contribution is 0.302. The molecule has 0 aromatic heterocycles. The summed E-state index contributed by atoms with van der Waals surface area (Å²) >= 11 is 0. The van der Waals surface area contributed by atoms with Crippen molar-refractivity contribution >= 4 is 0 Å². The molecule has 0 bridgehead atoms. The summed E-state index contributed by atoms with van der Waals surface area (Å²) < 4.78 is 5.69. The van der Waals surface area contributed by atoms with Crippen LogP contribution in [-0.4, -0.2) is 6.61 Å². The first-order valence-corrected chi connectivity index (χ1v) is 5.74. The highest BCUT2D eigenvalue weighted by Gasteiger charge is 2.20. The van der Waals surface area contributed by atoms with Crippen LogP contribution in [0.5, 0.6) is 5.75 Å². The van der Waals surface area contributed by atoms with Crippen molar-refractivity contribution in [3.05, 3.63) is 29.8 Å². The van der Waals surface area contributed by atoms with Gasteiger partial charge in [0.05, 0.1) is 6.61 Å². The van der Waals surface area contributed by atoms with Gasteiger partial charge < -0.3 is 10.5 Å². The van der Waals surface area contributed by atoms with Crippen molar-refractivity contribution < 1.29 is 4.74 Å². The number of rotatable bonds is 5. The zero-order chi connectivity index (χ0) is 10.7. The molecule has 0 heterocycles. The van der Waals surface area contributed by atoms with Crippen LogP contribution in [0.1, 0.15) is 37.8 Å². The molecule has 1 saturated carbocycles. The molecule has 0 unspecified atom stereocenters. The monoisotopic (exact) mass is 205 g/mol. The molecule has 82 valence electrons. The Bertz CT molecular complexity index is 318. The van der Waals surface area contributed by atoms with Gasteiger partial charge in [0.25, 0.3) is 0 Å². The number of nitrogens with two attached hydrogens (primary N) is 1. The smallest absolute Gasteiger partial charge is 0.119 e. The molecule has 1 aliphatic carbocycles. The molecular weight excluding hydrogens is 186 g/mol. The van der Waals surface area contributed by atoms with Crippen LogP contribution in [0.2, 0.25) is 0 Å². The minimum Gasteiger partial charge on any atom is -0.494 e. The second-order valence-corrected chi connectivity index (χ2v) is 4.44. The molecule has 1 atom stereocenters. The Morgan fingerprint density at radius 3 is 2.93 bits per heavy atom. The van der Waals surface area contributed by atoms with Crippen LogP contribution in [0.4, 0.5) is 0 Å². The molecule has 2 heteroatoms. The van der Waals surface area contributed by atoms with E-state index in [1.165, 1.54) is 19.3 Å².